The highest BCUT2D eigenvalue weighted by Gasteiger charge is 2.34. The maximum atomic E-state index is 9.75. The average molecular weight is 304 g/mol. The number of ether oxygens (including phenoxy) is 2. The van der Waals surface area contributed by atoms with Gasteiger partial charge < -0.3 is 19.7 Å². The lowest BCUT2D eigenvalue weighted by Crippen LogP contribution is -2.47. The Kier molecular flexibility index (Phi) is 13.4. The minimum Gasteiger partial charge on any atom is -0.390 e. The van der Waals surface area contributed by atoms with E-state index in [4.69, 9.17) is 9.47 Å². The summed E-state index contributed by atoms with van der Waals surface area (Å²) in [5, 5.41) is 19.3. The van der Waals surface area contributed by atoms with E-state index in [1.54, 1.807) is 6.92 Å². The Morgan fingerprint density at radius 1 is 0.952 bits per heavy atom. The van der Waals surface area contributed by atoms with E-state index < -0.39 is 18.5 Å². The summed E-state index contributed by atoms with van der Waals surface area (Å²) in [5.41, 5.74) is 0. The van der Waals surface area contributed by atoms with Crippen LogP contribution in [0.3, 0.4) is 0 Å². The highest BCUT2D eigenvalue weighted by molar-refractivity contribution is 4.78. The van der Waals surface area contributed by atoms with Crippen molar-refractivity contribution in [2.75, 3.05) is 6.61 Å². The summed E-state index contributed by atoms with van der Waals surface area (Å²) in [4.78, 5) is 0. The van der Waals surface area contributed by atoms with Gasteiger partial charge in [-0.2, -0.15) is 0 Å². The quantitative estimate of drug-likeness (QED) is 0.639. The second-order valence-corrected chi connectivity index (χ2v) is 5.57. The van der Waals surface area contributed by atoms with Crippen LogP contribution in [0.15, 0.2) is 0 Å². The molecule has 0 aromatic carbocycles. The molecule has 2 N–H and O–H groups in total. The Labute approximate surface area is 130 Å². The van der Waals surface area contributed by atoms with E-state index >= 15 is 0 Å². The fourth-order valence-corrected chi connectivity index (χ4v) is 2.35. The normalized spacial score (nSPS) is 28.9. The highest BCUT2D eigenvalue weighted by Crippen LogP contribution is 2.21. The predicted octanol–water partition coefficient (Wildman–Crippen LogP) is 3.64. The molecule has 0 spiro atoms. The van der Waals surface area contributed by atoms with Gasteiger partial charge in [-0.3, -0.25) is 0 Å². The fourth-order valence-electron chi connectivity index (χ4n) is 2.35. The lowest BCUT2D eigenvalue weighted by Gasteiger charge is -2.35. The van der Waals surface area contributed by atoms with Gasteiger partial charge in [-0.05, 0) is 13.3 Å². The minimum absolute atomic E-state index is 0.262. The molecule has 21 heavy (non-hydrogen) atoms. The topological polar surface area (TPSA) is 58.9 Å². The van der Waals surface area contributed by atoms with Crippen molar-refractivity contribution in [2.45, 2.75) is 104 Å². The molecule has 1 saturated heterocycles. The smallest absolute Gasteiger partial charge is 0.183 e. The van der Waals surface area contributed by atoms with E-state index in [2.05, 4.69) is 6.92 Å². The van der Waals surface area contributed by atoms with E-state index in [-0.39, 0.29) is 6.10 Å². The van der Waals surface area contributed by atoms with Crippen molar-refractivity contribution in [1.29, 1.82) is 0 Å². The van der Waals surface area contributed by atoms with Crippen LogP contribution in [-0.2, 0) is 9.47 Å². The second kappa shape index (κ2) is 13.5. The van der Waals surface area contributed by atoms with E-state index in [0.29, 0.717) is 13.0 Å². The monoisotopic (exact) mass is 304 g/mol. The first-order chi connectivity index (χ1) is 10.1. The molecule has 4 nitrogen and oxygen atoms in total. The molecule has 1 aliphatic rings. The number of aliphatic hydroxyl groups is 2. The molecule has 1 aliphatic heterocycles. The van der Waals surface area contributed by atoms with Crippen molar-refractivity contribution in [3.8, 4) is 0 Å². The van der Waals surface area contributed by atoms with E-state index in [9.17, 15) is 10.2 Å². The predicted molar refractivity (Wildman–Crippen MR) is 86.3 cm³/mol. The third-order valence-corrected chi connectivity index (χ3v) is 3.72. The number of hydrogen-bond donors (Lipinski definition) is 2. The van der Waals surface area contributed by atoms with Gasteiger partial charge in [-0.25, -0.2) is 0 Å². The number of hydrogen-bond acceptors (Lipinski definition) is 4. The van der Waals surface area contributed by atoms with Gasteiger partial charge in [0.05, 0.1) is 12.2 Å². The summed E-state index contributed by atoms with van der Waals surface area (Å²) in [7, 11) is 0. The van der Waals surface area contributed by atoms with Gasteiger partial charge >= 0.3 is 0 Å². The van der Waals surface area contributed by atoms with Crippen molar-refractivity contribution >= 4 is 0 Å². The van der Waals surface area contributed by atoms with Crippen LogP contribution < -0.4 is 0 Å². The van der Waals surface area contributed by atoms with Crippen LogP contribution in [-0.4, -0.2) is 41.4 Å². The molecule has 0 bridgehead atoms. The fraction of sp³-hybridized carbons (Fsp3) is 1.00. The second-order valence-electron chi connectivity index (χ2n) is 5.57. The Balaban J connectivity index is 0.00000191. The first-order valence-corrected chi connectivity index (χ1v) is 8.78. The molecule has 1 fully saturated rings. The largest absolute Gasteiger partial charge is 0.390 e. The Hall–Kier alpha value is -0.160. The van der Waals surface area contributed by atoms with Crippen LogP contribution in [0.4, 0.5) is 0 Å². The Morgan fingerprint density at radius 2 is 1.52 bits per heavy atom. The van der Waals surface area contributed by atoms with Crippen molar-refractivity contribution in [1.82, 2.24) is 0 Å². The van der Waals surface area contributed by atoms with E-state index in [1.165, 1.54) is 38.5 Å². The maximum absolute atomic E-state index is 9.75. The Bertz CT molecular complexity index is 223. The van der Waals surface area contributed by atoms with E-state index in [0.717, 1.165) is 6.42 Å². The molecule has 0 aliphatic carbocycles. The van der Waals surface area contributed by atoms with Crippen LogP contribution in [0.25, 0.3) is 0 Å². The molecule has 1 heterocycles. The van der Waals surface area contributed by atoms with Crippen LogP contribution in [0.1, 0.15) is 79.1 Å². The van der Waals surface area contributed by atoms with Gasteiger partial charge in [0.2, 0.25) is 0 Å². The van der Waals surface area contributed by atoms with Crippen molar-refractivity contribution in [3.63, 3.8) is 0 Å². The van der Waals surface area contributed by atoms with Crippen LogP contribution in [0.2, 0.25) is 0 Å². The highest BCUT2D eigenvalue weighted by atomic mass is 16.7. The molecule has 128 valence electrons. The Morgan fingerprint density at radius 3 is 2.14 bits per heavy atom. The van der Waals surface area contributed by atoms with Gasteiger partial charge in [0, 0.05) is 13.0 Å². The minimum atomic E-state index is -0.712. The zero-order valence-corrected chi connectivity index (χ0v) is 14.4. The molecule has 4 heteroatoms. The summed E-state index contributed by atoms with van der Waals surface area (Å²) in [6, 6.07) is 0. The first kappa shape index (κ1) is 20.8. The number of unbranched alkanes of at least 4 members (excludes halogenated alkanes) is 6. The number of rotatable bonds is 9. The zero-order chi connectivity index (χ0) is 16.1. The van der Waals surface area contributed by atoms with Gasteiger partial charge in [0.25, 0.3) is 0 Å². The summed E-state index contributed by atoms with van der Waals surface area (Å²) in [6.07, 6.45) is 6.89. The van der Waals surface area contributed by atoms with Crippen LogP contribution in [0, 0.1) is 0 Å². The molecular formula is C17H36O4. The van der Waals surface area contributed by atoms with Crippen LogP contribution >= 0.6 is 0 Å². The summed E-state index contributed by atoms with van der Waals surface area (Å²) in [6.45, 7) is 8.65. The molecule has 0 aromatic heterocycles. The third-order valence-electron chi connectivity index (χ3n) is 3.72. The zero-order valence-electron chi connectivity index (χ0n) is 14.4. The summed E-state index contributed by atoms with van der Waals surface area (Å²) < 4.78 is 11.0. The van der Waals surface area contributed by atoms with Gasteiger partial charge in [-0.1, -0.05) is 59.3 Å². The summed E-state index contributed by atoms with van der Waals surface area (Å²) in [5.74, 6) is 0. The van der Waals surface area contributed by atoms with Gasteiger partial charge in [0.15, 0.2) is 6.29 Å². The standard InChI is InChI=1S/C15H30O4.C2H6/c1-3-4-5-6-7-8-9-10-18-15-14(17)11-13(16)12(2)19-15;1-2/h12-17H,3-11H2,1-2H3;1-2H3. The summed E-state index contributed by atoms with van der Waals surface area (Å²) >= 11 is 0. The van der Waals surface area contributed by atoms with E-state index in [1.807, 2.05) is 13.8 Å². The molecule has 4 unspecified atom stereocenters. The molecule has 4 atom stereocenters. The average Bonchev–Trinajstić information content (AvgIpc) is 2.49. The maximum Gasteiger partial charge on any atom is 0.183 e. The molecule has 0 aromatic rings. The van der Waals surface area contributed by atoms with Gasteiger partial charge in [-0.15, -0.1) is 0 Å². The lowest BCUT2D eigenvalue weighted by molar-refractivity contribution is -0.261. The molecular weight excluding hydrogens is 268 g/mol. The van der Waals surface area contributed by atoms with Crippen molar-refractivity contribution < 1.29 is 19.7 Å². The van der Waals surface area contributed by atoms with Crippen molar-refractivity contribution in [2.24, 2.45) is 0 Å². The van der Waals surface area contributed by atoms with Gasteiger partial charge in [0.1, 0.15) is 6.10 Å². The lowest BCUT2D eigenvalue weighted by atomic mass is 10.0. The van der Waals surface area contributed by atoms with Crippen molar-refractivity contribution in [3.05, 3.63) is 0 Å². The molecule has 0 amide bonds. The molecule has 0 radical (unpaired) electrons. The SMILES string of the molecule is CC.CCCCCCCCCOC1OC(C)C(O)CC1O. The molecule has 0 saturated carbocycles. The molecule has 1 rings (SSSR count). The first-order valence-electron chi connectivity index (χ1n) is 8.78. The number of aliphatic hydroxyl groups excluding tert-OH is 2. The van der Waals surface area contributed by atoms with Crippen LogP contribution in [0.5, 0.6) is 0 Å². The third kappa shape index (κ3) is 9.46.